The second kappa shape index (κ2) is 29.6. The average Bonchev–Trinajstić information content (AvgIpc) is 2.96. The molecule has 6 nitrogen and oxygen atoms in total. The van der Waals surface area contributed by atoms with Gasteiger partial charge in [0.15, 0.2) is 0 Å². The first-order valence-corrected chi connectivity index (χ1v) is 17.9. The standard InChI is InChI=1S/C36H59NO5S/c1-3-5-7-9-10-11-12-13-14-15-16-17-18-19-20-21-22-23-24-25-26-28-30-32-36(39)37-34(33-43(40,41)42)35(38)31-29-27-8-6-4-2/h5,7,10-11,13-14,16-17,19-20,22-23,25-26,34-35,38H,3-4,6,8-9,12,15,18,21,24,27-33H2,1-2H3,(H,37,39)(H,40,41,42)/b7-5-,11-10-,14-13-,17-16-,20-19-,23-22-,26-25-. The fraction of sp³-hybridized carbons (Fsp3) is 0.583. The molecule has 0 aliphatic carbocycles. The van der Waals surface area contributed by atoms with Crippen LogP contribution in [0.3, 0.4) is 0 Å². The highest BCUT2D eigenvalue weighted by Crippen LogP contribution is 2.11. The van der Waals surface area contributed by atoms with E-state index in [4.69, 9.17) is 0 Å². The molecule has 0 heterocycles. The molecule has 0 aromatic heterocycles. The number of hydrogen-bond donors (Lipinski definition) is 3. The van der Waals surface area contributed by atoms with Crippen molar-refractivity contribution in [3.8, 4) is 0 Å². The predicted octanol–water partition coefficient (Wildman–Crippen LogP) is 8.89. The van der Waals surface area contributed by atoms with E-state index >= 15 is 0 Å². The number of nitrogens with one attached hydrogen (secondary N) is 1. The lowest BCUT2D eigenvalue weighted by Crippen LogP contribution is -2.47. The Bertz CT molecular complexity index is 989. The largest absolute Gasteiger partial charge is 0.391 e. The van der Waals surface area contributed by atoms with Gasteiger partial charge < -0.3 is 10.4 Å². The monoisotopic (exact) mass is 617 g/mol. The molecule has 0 aliphatic heterocycles. The second-order valence-electron chi connectivity index (χ2n) is 10.7. The van der Waals surface area contributed by atoms with Gasteiger partial charge in [0.25, 0.3) is 10.1 Å². The highest BCUT2D eigenvalue weighted by molar-refractivity contribution is 7.85. The highest BCUT2D eigenvalue weighted by atomic mass is 32.2. The molecule has 0 aromatic rings. The van der Waals surface area contributed by atoms with Gasteiger partial charge in [-0.15, -0.1) is 0 Å². The van der Waals surface area contributed by atoms with Crippen LogP contribution in [0.1, 0.15) is 117 Å². The van der Waals surface area contributed by atoms with Crippen molar-refractivity contribution in [3.05, 3.63) is 85.1 Å². The smallest absolute Gasteiger partial charge is 0.266 e. The van der Waals surface area contributed by atoms with Gasteiger partial charge in [0.2, 0.25) is 5.91 Å². The molecule has 1 amide bonds. The zero-order chi connectivity index (χ0) is 31.9. The number of aliphatic hydroxyl groups is 1. The first-order valence-electron chi connectivity index (χ1n) is 16.3. The minimum atomic E-state index is -4.31. The summed E-state index contributed by atoms with van der Waals surface area (Å²) in [5.74, 6) is -0.996. The molecular weight excluding hydrogens is 558 g/mol. The van der Waals surface area contributed by atoms with Crippen molar-refractivity contribution < 1.29 is 22.9 Å². The van der Waals surface area contributed by atoms with Crippen molar-refractivity contribution in [1.82, 2.24) is 5.32 Å². The molecule has 0 saturated heterocycles. The van der Waals surface area contributed by atoms with Crippen LogP contribution in [0, 0.1) is 0 Å². The van der Waals surface area contributed by atoms with Crippen LogP contribution in [-0.4, -0.2) is 41.9 Å². The van der Waals surface area contributed by atoms with E-state index in [-0.39, 0.29) is 12.3 Å². The SMILES string of the molecule is CC/C=C\C/C=C\C/C=C\C/C=C\C/C=C\C/C=C\C/C=C\CCCC(=O)NC(CS(=O)(=O)O)C(O)CCCCCCC. The minimum Gasteiger partial charge on any atom is -0.391 e. The van der Waals surface area contributed by atoms with Gasteiger partial charge in [0, 0.05) is 6.42 Å². The number of carbonyl (C=O) groups is 1. The van der Waals surface area contributed by atoms with Gasteiger partial charge in [-0.2, -0.15) is 8.42 Å². The molecule has 0 rings (SSSR count). The van der Waals surface area contributed by atoms with Crippen LogP contribution in [0.2, 0.25) is 0 Å². The molecule has 0 fully saturated rings. The summed E-state index contributed by atoms with van der Waals surface area (Å²) in [6.07, 6.45) is 43.0. The van der Waals surface area contributed by atoms with E-state index in [2.05, 4.69) is 98.2 Å². The Kier molecular flexibility index (Phi) is 27.9. The van der Waals surface area contributed by atoms with E-state index in [9.17, 15) is 22.9 Å². The highest BCUT2D eigenvalue weighted by Gasteiger charge is 2.25. The van der Waals surface area contributed by atoms with Crippen molar-refractivity contribution in [2.75, 3.05) is 5.75 Å². The number of unbranched alkanes of at least 4 members (excludes halogenated alkanes) is 5. The molecule has 0 saturated carbocycles. The van der Waals surface area contributed by atoms with E-state index in [1.54, 1.807) is 0 Å². The summed E-state index contributed by atoms with van der Waals surface area (Å²) in [5.41, 5.74) is 0. The number of hydrogen-bond acceptors (Lipinski definition) is 4. The molecule has 2 unspecified atom stereocenters. The Hall–Kier alpha value is -2.48. The van der Waals surface area contributed by atoms with Crippen LogP contribution < -0.4 is 5.32 Å². The van der Waals surface area contributed by atoms with Gasteiger partial charge >= 0.3 is 0 Å². The lowest BCUT2D eigenvalue weighted by atomic mass is 10.0. The predicted molar refractivity (Wildman–Crippen MR) is 184 cm³/mol. The Morgan fingerprint density at radius 2 is 1.09 bits per heavy atom. The Labute approximate surface area is 263 Å². The van der Waals surface area contributed by atoms with Crippen molar-refractivity contribution in [2.45, 2.75) is 129 Å². The van der Waals surface area contributed by atoms with Crippen LogP contribution in [0.15, 0.2) is 85.1 Å². The summed E-state index contributed by atoms with van der Waals surface area (Å²) in [6, 6.07) is -1.00. The normalized spacial score (nSPS) is 14.6. The Morgan fingerprint density at radius 3 is 1.53 bits per heavy atom. The van der Waals surface area contributed by atoms with Gasteiger partial charge in [-0.3, -0.25) is 9.35 Å². The van der Waals surface area contributed by atoms with E-state index < -0.39 is 28.0 Å². The van der Waals surface area contributed by atoms with Crippen molar-refractivity contribution in [2.24, 2.45) is 0 Å². The average molecular weight is 618 g/mol. The molecule has 7 heteroatoms. The fourth-order valence-corrected chi connectivity index (χ4v) is 4.96. The molecule has 244 valence electrons. The van der Waals surface area contributed by atoms with E-state index in [0.717, 1.165) is 83.5 Å². The van der Waals surface area contributed by atoms with Crippen molar-refractivity contribution in [3.63, 3.8) is 0 Å². The second-order valence-corrected chi connectivity index (χ2v) is 12.2. The lowest BCUT2D eigenvalue weighted by molar-refractivity contribution is -0.122. The van der Waals surface area contributed by atoms with Gasteiger partial charge in [-0.1, -0.05) is 131 Å². The van der Waals surface area contributed by atoms with Crippen LogP contribution in [0.4, 0.5) is 0 Å². The summed E-state index contributed by atoms with van der Waals surface area (Å²) in [5, 5.41) is 13.0. The summed E-state index contributed by atoms with van der Waals surface area (Å²) >= 11 is 0. The number of allylic oxidation sites excluding steroid dienone is 14. The van der Waals surface area contributed by atoms with Gasteiger partial charge in [-0.25, -0.2) is 0 Å². The third-order valence-electron chi connectivity index (χ3n) is 6.61. The summed E-state index contributed by atoms with van der Waals surface area (Å²) < 4.78 is 32.0. The summed E-state index contributed by atoms with van der Waals surface area (Å²) in [4.78, 5) is 12.3. The Balaban J connectivity index is 4.02. The summed E-state index contributed by atoms with van der Waals surface area (Å²) in [6.45, 7) is 4.27. The molecular formula is C36H59NO5S. The molecule has 0 radical (unpaired) electrons. The summed E-state index contributed by atoms with van der Waals surface area (Å²) in [7, 11) is -4.31. The van der Waals surface area contributed by atoms with Crippen LogP contribution in [-0.2, 0) is 14.9 Å². The lowest BCUT2D eigenvalue weighted by Gasteiger charge is -2.23. The van der Waals surface area contributed by atoms with Crippen molar-refractivity contribution in [1.29, 1.82) is 0 Å². The van der Waals surface area contributed by atoms with E-state index in [1.807, 2.05) is 6.08 Å². The molecule has 43 heavy (non-hydrogen) atoms. The number of amides is 1. The minimum absolute atomic E-state index is 0.232. The topological polar surface area (TPSA) is 104 Å². The number of aliphatic hydroxyl groups excluding tert-OH is 1. The molecule has 0 bridgehead atoms. The molecule has 3 N–H and O–H groups in total. The zero-order valence-corrected chi connectivity index (χ0v) is 27.6. The first-order chi connectivity index (χ1) is 20.8. The van der Waals surface area contributed by atoms with Crippen LogP contribution in [0.5, 0.6) is 0 Å². The third kappa shape index (κ3) is 30.8. The molecule has 0 spiro atoms. The fourth-order valence-electron chi connectivity index (χ4n) is 4.20. The quantitative estimate of drug-likeness (QED) is 0.0485. The maximum Gasteiger partial charge on any atom is 0.266 e. The van der Waals surface area contributed by atoms with Gasteiger partial charge in [0.1, 0.15) is 0 Å². The van der Waals surface area contributed by atoms with E-state index in [1.165, 1.54) is 0 Å². The van der Waals surface area contributed by atoms with Crippen molar-refractivity contribution >= 4 is 16.0 Å². The van der Waals surface area contributed by atoms with Crippen LogP contribution >= 0.6 is 0 Å². The van der Waals surface area contributed by atoms with E-state index in [0.29, 0.717) is 12.8 Å². The third-order valence-corrected chi connectivity index (χ3v) is 7.39. The molecule has 0 aliphatic rings. The molecule has 2 atom stereocenters. The van der Waals surface area contributed by atoms with Gasteiger partial charge in [-0.05, 0) is 64.2 Å². The van der Waals surface area contributed by atoms with Gasteiger partial charge in [0.05, 0.1) is 17.9 Å². The maximum absolute atomic E-state index is 12.3. The number of rotatable bonds is 27. The zero-order valence-electron chi connectivity index (χ0n) is 26.8. The van der Waals surface area contributed by atoms with Crippen LogP contribution in [0.25, 0.3) is 0 Å². The maximum atomic E-state index is 12.3. The first kappa shape index (κ1) is 40.5. The Morgan fingerprint density at radius 1 is 0.651 bits per heavy atom. The molecule has 0 aromatic carbocycles. The number of carbonyl (C=O) groups excluding carboxylic acids is 1.